The van der Waals surface area contributed by atoms with Crippen LogP contribution in [-0.4, -0.2) is 27.9 Å². The number of methoxy groups -OCH3 is 1. The summed E-state index contributed by atoms with van der Waals surface area (Å²) in [6.07, 6.45) is -0.395. The van der Waals surface area contributed by atoms with Gasteiger partial charge in [0.1, 0.15) is 11.6 Å². The van der Waals surface area contributed by atoms with E-state index in [1.165, 1.54) is 57.4 Å². The highest BCUT2D eigenvalue weighted by Gasteiger charge is 2.30. The van der Waals surface area contributed by atoms with Gasteiger partial charge in [0.2, 0.25) is 0 Å². The number of amides is 1. The predicted molar refractivity (Wildman–Crippen MR) is 140 cm³/mol. The second kappa shape index (κ2) is 10.2. The van der Waals surface area contributed by atoms with Gasteiger partial charge in [-0.1, -0.05) is 37.3 Å². The first-order valence-electron chi connectivity index (χ1n) is 12.0. The standard InChI is InChI=1S/C29H28F3N3O3/c1-6-29(31,32)19-11-8-12-20(13-19)34-28(36)26-18(4)33-27(35(26)37)21-14-22(24(38-5)15-23(21)30)25-16(2)9-7-10-17(25)3/h7-15,37H,6H2,1-5H3,(H,34,36). The van der Waals surface area contributed by atoms with Crippen LogP contribution in [0.25, 0.3) is 22.5 Å². The molecule has 0 saturated carbocycles. The summed E-state index contributed by atoms with van der Waals surface area (Å²) in [5.74, 6) is -4.44. The van der Waals surface area contributed by atoms with Crippen LogP contribution in [0.1, 0.15) is 46.2 Å². The van der Waals surface area contributed by atoms with Crippen molar-refractivity contribution in [2.45, 2.75) is 40.0 Å². The zero-order chi connectivity index (χ0) is 27.8. The molecule has 4 rings (SSSR count). The Hall–Kier alpha value is -4.27. The molecule has 0 radical (unpaired) electrons. The highest BCUT2D eigenvalue weighted by molar-refractivity contribution is 6.04. The molecule has 6 nitrogen and oxygen atoms in total. The number of imidazole rings is 1. The molecule has 3 aromatic carbocycles. The number of aryl methyl sites for hydroxylation is 3. The highest BCUT2D eigenvalue weighted by Crippen LogP contribution is 2.39. The average molecular weight is 524 g/mol. The second-order valence-corrected chi connectivity index (χ2v) is 9.07. The summed E-state index contributed by atoms with van der Waals surface area (Å²) >= 11 is 0. The Labute approximate surface area is 218 Å². The first kappa shape index (κ1) is 26.8. The molecule has 198 valence electrons. The van der Waals surface area contributed by atoms with Crippen LogP contribution in [-0.2, 0) is 5.92 Å². The van der Waals surface area contributed by atoms with Gasteiger partial charge in [-0.2, -0.15) is 4.73 Å². The maximum absolute atomic E-state index is 15.3. The number of carbonyl (C=O) groups is 1. The number of carbonyl (C=O) groups excluding carboxylic acids is 1. The van der Waals surface area contributed by atoms with E-state index in [0.717, 1.165) is 16.7 Å². The second-order valence-electron chi connectivity index (χ2n) is 9.07. The molecule has 0 aliphatic rings. The molecule has 0 fully saturated rings. The molecule has 38 heavy (non-hydrogen) atoms. The van der Waals surface area contributed by atoms with Gasteiger partial charge in [0.05, 0.1) is 18.4 Å². The third-order valence-electron chi connectivity index (χ3n) is 6.51. The molecule has 1 amide bonds. The van der Waals surface area contributed by atoms with E-state index in [-0.39, 0.29) is 34.0 Å². The normalized spacial score (nSPS) is 11.5. The van der Waals surface area contributed by atoms with Gasteiger partial charge in [0, 0.05) is 29.3 Å². The Morgan fingerprint density at radius 3 is 2.34 bits per heavy atom. The van der Waals surface area contributed by atoms with E-state index in [9.17, 15) is 18.8 Å². The lowest BCUT2D eigenvalue weighted by Gasteiger charge is -2.16. The lowest BCUT2D eigenvalue weighted by Crippen LogP contribution is -2.18. The molecule has 0 atom stereocenters. The van der Waals surface area contributed by atoms with Crippen LogP contribution in [0.5, 0.6) is 5.75 Å². The van der Waals surface area contributed by atoms with E-state index >= 15 is 4.39 Å². The summed E-state index contributed by atoms with van der Waals surface area (Å²) in [6.45, 7) is 6.71. The number of hydrogen-bond donors (Lipinski definition) is 2. The van der Waals surface area contributed by atoms with Crippen LogP contribution in [0.2, 0.25) is 0 Å². The third-order valence-corrected chi connectivity index (χ3v) is 6.51. The van der Waals surface area contributed by atoms with Crippen molar-refractivity contribution in [2.75, 3.05) is 12.4 Å². The van der Waals surface area contributed by atoms with E-state index in [2.05, 4.69) is 10.3 Å². The minimum absolute atomic E-state index is 0.0438. The van der Waals surface area contributed by atoms with Crippen molar-refractivity contribution in [1.29, 1.82) is 0 Å². The molecule has 0 unspecified atom stereocenters. The molecule has 2 N–H and O–H groups in total. The summed E-state index contributed by atoms with van der Waals surface area (Å²) in [5, 5.41) is 13.4. The number of alkyl halides is 2. The smallest absolute Gasteiger partial charge is 0.277 e. The number of nitrogens with one attached hydrogen (secondary N) is 1. The minimum atomic E-state index is -3.05. The maximum atomic E-state index is 15.3. The molecule has 0 aliphatic heterocycles. The van der Waals surface area contributed by atoms with E-state index in [1.54, 1.807) is 0 Å². The number of halogens is 3. The van der Waals surface area contributed by atoms with Gasteiger partial charge >= 0.3 is 0 Å². The number of ether oxygens (including phenoxy) is 1. The number of benzene rings is 3. The number of rotatable bonds is 7. The van der Waals surface area contributed by atoms with Gasteiger partial charge < -0.3 is 15.3 Å². The first-order valence-corrected chi connectivity index (χ1v) is 12.0. The molecule has 1 heterocycles. The lowest BCUT2D eigenvalue weighted by atomic mass is 9.93. The molecule has 9 heteroatoms. The van der Waals surface area contributed by atoms with Crippen LogP contribution >= 0.6 is 0 Å². The maximum Gasteiger partial charge on any atom is 0.277 e. The van der Waals surface area contributed by atoms with Crippen molar-refractivity contribution in [1.82, 2.24) is 9.71 Å². The third kappa shape index (κ3) is 4.83. The van der Waals surface area contributed by atoms with Crippen molar-refractivity contribution >= 4 is 11.6 Å². The Bertz CT molecular complexity index is 1510. The molecule has 0 aliphatic carbocycles. The van der Waals surface area contributed by atoms with Gasteiger partial charge in [-0.25, -0.2) is 18.2 Å². The van der Waals surface area contributed by atoms with Gasteiger partial charge in [-0.3, -0.25) is 4.79 Å². The summed E-state index contributed by atoms with van der Waals surface area (Å²) < 4.78 is 49.5. The molecular weight excluding hydrogens is 495 g/mol. The fourth-order valence-corrected chi connectivity index (χ4v) is 4.50. The predicted octanol–water partition coefficient (Wildman–Crippen LogP) is 7.28. The number of nitrogens with zero attached hydrogens (tertiary/aromatic N) is 2. The van der Waals surface area contributed by atoms with Crippen LogP contribution in [0, 0.1) is 26.6 Å². The molecule has 4 aromatic rings. The van der Waals surface area contributed by atoms with Crippen molar-refractivity contribution < 1.29 is 27.9 Å². The number of anilines is 1. The first-order chi connectivity index (χ1) is 18.0. The van der Waals surface area contributed by atoms with Gasteiger partial charge in [-0.05, 0) is 55.7 Å². The van der Waals surface area contributed by atoms with Crippen LogP contribution in [0.4, 0.5) is 18.9 Å². The number of aromatic nitrogens is 2. The van der Waals surface area contributed by atoms with E-state index in [4.69, 9.17) is 4.74 Å². The lowest BCUT2D eigenvalue weighted by molar-refractivity contribution is -0.00825. The monoisotopic (exact) mass is 523 g/mol. The number of hydrogen-bond acceptors (Lipinski definition) is 4. The van der Waals surface area contributed by atoms with Gasteiger partial charge in [-0.15, -0.1) is 0 Å². The Morgan fingerprint density at radius 1 is 1.05 bits per heavy atom. The Morgan fingerprint density at radius 2 is 1.71 bits per heavy atom. The summed E-state index contributed by atoms with van der Waals surface area (Å²) in [6, 6.07) is 13.8. The molecule has 0 saturated heterocycles. The van der Waals surface area contributed by atoms with Gasteiger partial charge in [0.25, 0.3) is 11.8 Å². The summed E-state index contributed by atoms with van der Waals surface area (Å²) in [7, 11) is 1.44. The van der Waals surface area contributed by atoms with Crippen molar-refractivity contribution in [3.8, 4) is 28.3 Å². The summed E-state index contributed by atoms with van der Waals surface area (Å²) in [5.41, 5.74) is 3.04. The largest absolute Gasteiger partial charge is 0.496 e. The van der Waals surface area contributed by atoms with Crippen LogP contribution < -0.4 is 10.1 Å². The quantitative estimate of drug-likeness (QED) is 0.250. The van der Waals surface area contributed by atoms with Crippen molar-refractivity contribution in [2.24, 2.45) is 0 Å². The fourth-order valence-electron chi connectivity index (χ4n) is 4.50. The van der Waals surface area contributed by atoms with Crippen LogP contribution in [0.15, 0.2) is 54.6 Å². The minimum Gasteiger partial charge on any atom is -0.496 e. The molecule has 0 spiro atoms. The molecule has 0 bridgehead atoms. The fraction of sp³-hybridized carbons (Fsp3) is 0.241. The Balaban J connectivity index is 1.76. The van der Waals surface area contributed by atoms with E-state index in [1.807, 2.05) is 32.0 Å². The van der Waals surface area contributed by atoms with Crippen LogP contribution in [0.3, 0.4) is 0 Å². The van der Waals surface area contributed by atoms with Gasteiger partial charge in [0.15, 0.2) is 11.5 Å². The Kier molecular flexibility index (Phi) is 7.22. The zero-order valence-electron chi connectivity index (χ0n) is 21.7. The zero-order valence-corrected chi connectivity index (χ0v) is 21.7. The summed E-state index contributed by atoms with van der Waals surface area (Å²) in [4.78, 5) is 17.3. The average Bonchev–Trinajstić information content (AvgIpc) is 3.17. The SMILES string of the molecule is CCC(F)(F)c1cccc(NC(=O)c2c(C)nc(-c3cc(-c4c(C)cccc4C)c(OC)cc3F)n2O)c1. The van der Waals surface area contributed by atoms with Crippen molar-refractivity contribution in [3.05, 3.63) is 88.5 Å². The van der Waals surface area contributed by atoms with E-state index < -0.39 is 24.1 Å². The molecule has 1 aromatic heterocycles. The van der Waals surface area contributed by atoms with E-state index in [0.29, 0.717) is 16.0 Å². The topological polar surface area (TPSA) is 76.4 Å². The van der Waals surface area contributed by atoms with Crippen molar-refractivity contribution in [3.63, 3.8) is 0 Å². The molecular formula is C29H28F3N3O3. The highest BCUT2D eigenvalue weighted by atomic mass is 19.3.